The summed E-state index contributed by atoms with van der Waals surface area (Å²) in [6, 6.07) is -1.31. The van der Waals surface area contributed by atoms with Crippen LogP contribution >= 0.6 is 0 Å². The molecule has 0 saturated carbocycles. The number of aliphatic carboxylic acids is 1. The van der Waals surface area contributed by atoms with Crippen molar-refractivity contribution in [3.8, 4) is 0 Å². The van der Waals surface area contributed by atoms with Gasteiger partial charge in [0, 0.05) is 6.54 Å². The summed E-state index contributed by atoms with van der Waals surface area (Å²) in [5.74, 6) is -0.705. The molecule has 3 atom stereocenters. The molecule has 1 aliphatic rings. The van der Waals surface area contributed by atoms with E-state index in [1.54, 1.807) is 0 Å². The number of likely N-dealkylation sites (tertiary alicyclic amines) is 1. The molecule has 110 valence electrons. The Morgan fingerprint density at radius 1 is 1.42 bits per heavy atom. The molecule has 0 aromatic heterocycles. The molecule has 0 bridgehead atoms. The second kappa shape index (κ2) is 6.89. The van der Waals surface area contributed by atoms with Gasteiger partial charge >= 0.3 is 5.97 Å². The van der Waals surface area contributed by atoms with Gasteiger partial charge in [-0.2, -0.15) is 0 Å². The minimum atomic E-state index is -0.912. The molecule has 0 spiro atoms. The van der Waals surface area contributed by atoms with Crippen LogP contribution in [-0.4, -0.2) is 40.5 Å². The largest absolute Gasteiger partial charge is 0.480 e. The lowest BCUT2D eigenvalue weighted by atomic mass is 9.86. The first kappa shape index (κ1) is 16.0. The average molecular weight is 270 g/mol. The predicted octanol–water partition coefficient (Wildman–Crippen LogP) is 1.46. The zero-order valence-corrected chi connectivity index (χ0v) is 12.1. The highest BCUT2D eigenvalue weighted by atomic mass is 16.4. The van der Waals surface area contributed by atoms with Gasteiger partial charge in [0.15, 0.2) is 0 Å². The highest BCUT2D eigenvalue weighted by molar-refractivity contribution is 5.87. The van der Waals surface area contributed by atoms with Crippen LogP contribution in [0.15, 0.2) is 0 Å². The molecule has 1 rings (SSSR count). The van der Waals surface area contributed by atoms with Crippen LogP contribution in [0.1, 0.15) is 46.5 Å². The number of nitrogens with two attached hydrogens (primary N) is 1. The maximum atomic E-state index is 12.3. The van der Waals surface area contributed by atoms with Gasteiger partial charge in [0.25, 0.3) is 0 Å². The number of hydrogen-bond donors (Lipinski definition) is 2. The fourth-order valence-corrected chi connectivity index (χ4v) is 2.68. The van der Waals surface area contributed by atoms with Crippen molar-refractivity contribution in [1.82, 2.24) is 4.90 Å². The fraction of sp³-hybridized carbons (Fsp3) is 0.857. The third-order valence-corrected chi connectivity index (χ3v) is 3.98. The van der Waals surface area contributed by atoms with E-state index in [2.05, 4.69) is 6.92 Å². The molecule has 0 aromatic rings. The van der Waals surface area contributed by atoms with E-state index in [1.807, 2.05) is 13.8 Å². The normalized spacial score (nSPS) is 25.4. The monoisotopic (exact) mass is 270 g/mol. The topological polar surface area (TPSA) is 83.6 Å². The number of rotatable bonds is 5. The first-order chi connectivity index (χ1) is 8.88. The summed E-state index contributed by atoms with van der Waals surface area (Å²) >= 11 is 0. The van der Waals surface area contributed by atoms with Crippen molar-refractivity contribution in [2.24, 2.45) is 17.6 Å². The first-order valence-corrected chi connectivity index (χ1v) is 7.17. The van der Waals surface area contributed by atoms with Gasteiger partial charge in [-0.05, 0) is 24.7 Å². The number of nitrogens with zero attached hydrogens (tertiary/aromatic N) is 1. The van der Waals surface area contributed by atoms with Gasteiger partial charge in [0.1, 0.15) is 6.04 Å². The smallest absolute Gasteiger partial charge is 0.326 e. The summed E-state index contributed by atoms with van der Waals surface area (Å²) in [7, 11) is 0. The molecule has 1 amide bonds. The van der Waals surface area contributed by atoms with Gasteiger partial charge in [0.2, 0.25) is 5.91 Å². The highest BCUT2D eigenvalue weighted by Gasteiger charge is 2.37. The highest BCUT2D eigenvalue weighted by Crippen LogP contribution is 2.27. The fourth-order valence-electron chi connectivity index (χ4n) is 2.68. The Kier molecular flexibility index (Phi) is 5.79. The number of hydrogen-bond acceptors (Lipinski definition) is 3. The van der Waals surface area contributed by atoms with Crippen LogP contribution in [0.3, 0.4) is 0 Å². The Morgan fingerprint density at radius 3 is 2.53 bits per heavy atom. The lowest BCUT2D eigenvalue weighted by Crippen LogP contribution is -2.56. The first-order valence-electron chi connectivity index (χ1n) is 7.17. The van der Waals surface area contributed by atoms with Gasteiger partial charge in [-0.1, -0.05) is 33.6 Å². The van der Waals surface area contributed by atoms with Crippen LogP contribution in [0.5, 0.6) is 0 Å². The number of carboxylic acid groups (broad SMARTS) is 1. The van der Waals surface area contributed by atoms with E-state index in [0.717, 1.165) is 19.3 Å². The number of carbonyl (C=O) groups is 2. The molecule has 5 heteroatoms. The number of amides is 1. The van der Waals surface area contributed by atoms with E-state index in [1.165, 1.54) is 4.90 Å². The van der Waals surface area contributed by atoms with Gasteiger partial charge in [-0.15, -0.1) is 0 Å². The Bertz CT molecular complexity index is 331. The van der Waals surface area contributed by atoms with E-state index in [0.29, 0.717) is 18.9 Å². The summed E-state index contributed by atoms with van der Waals surface area (Å²) in [5.41, 5.74) is 5.86. The Balaban J connectivity index is 2.77. The number of carbonyl (C=O) groups excluding carboxylic acids is 1. The number of carboxylic acids is 1. The molecule has 19 heavy (non-hydrogen) atoms. The van der Waals surface area contributed by atoms with Gasteiger partial charge in [0.05, 0.1) is 6.04 Å². The van der Waals surface area contributed by atoms with Crippen molar-refractivity contribution in [2.45, 2.75) is 58.5 Å². The van der Waals surface area contributed by atoms with Crippen molar-refractivity contribution < 1.29 is 14.7 Å². The van der Waals surface area contributed by atoms with Crippen molar-refractivity contribution in [3.63, 3.8) is 0 Å². The van der Waals surface area contributed by atoms with Crippen LogP contribution in [0.25, 0.3) is 0 Å². The summed E-state index contributed by atoms with van der Waals surface area (Å²) < 4.78 is 0. The van der Waals surface area contributed by atoms with Crippen LogP contribution in [-0.2, 0) is 9.59 Å². The number of piperidine rings is 1. The van der Waals surface area contributed by atoms with E-state index in [4.69, 9.17) is 5.73 Å². The summed E-state index contributed by atoms with van der Waals surface area (Å²) in [6.07, 6.45) is 3.52. The lowest BCUT2D eigenvalue weighted by Gasteiger charge is -2.39. The molecule has 3 unspecified atom stereocenters. The van der Waals surface area contributed by atoms with Gasteiger partial charge in [-0.25, -0.2) is 4.79 Å². The molecule has 1 aliphatic heterocycles. The van der Waals surface area contributed by atoms with Gasteiger partial charge < -0.3 is 15.7 Å². The molecule has 3 N–H and O–H groups in total. The standard InChI is InChI=1S/C14H26N2O3/c1-4-5-10-6-7-16(11(8-10)14(18)19)13(17)12(15)9(2)3/h9-12H,4-8,15H2,1-3H3,(H,18,19). The maximum Gasteiger partial charge on any atom is 0.326 e. The summed E-state index contributed by atoms with van der Waals surface area (Å²) in [4.78, 5) is 25.1. The van der Waals surface area contributed by atoms with Gasteiger partial charge in [-0.3, -0.25) is 4.79 Å². The molecule has 0 radical (unpaired) electrons. The van der Waals surface area contributed by atoms with E-state index < -0.39 is 18.1 Å². The molecule has 0 aromatic carbocycles. The summed E-state index contributed by atoms with van der Waals surface area (Å²) in [5, 5.41) is 9.33. The van der Waals surface area contributed by atoms with E-state index >= 15 is 0 Å². The molecular formula is C14H26N2O3. The van der Waals surface area contributed by atoms with Crippen molar-refractivity contribution in [3.05, 3.63) is 0 Å². The SMILES string of the molecule is CCCC1CCN(C(=O)C(N)C(C)C)C(C(=O)O)C1. The Hall–Kier alpha value is -1.10. The van der Waals surface area contributed by atoms with Crippen LogP contribution in [0.2, 0.25) is 0 Å². The predicted molar refractivity (Wildman–Crippen MR) is 73.6 cm³/mol. The second-order valence-corrected chi connectivity index (χ2v) is 5.83. The molecular weight excluding hydrogens is 244 g/mol. The average Bonchev–Trinajstić information content (AvgIpc) is 2.37. The minimum Gasteiger partial charge on any atom is -0.480 e. The third-order valence-electron chi connectivity index (χ3n) is 3.98. The zero-order chi connectivity index (χ0) is 14.6. The third kappa shape index (κ3) is 3.93. The summed E-state index contributed by atoms with van der Waals surface area (Å²) in [6.45, 7) is 6.37. The maximum absolute atomic E-state index is 12.3. The lowest BCUT2D eigenvalue weighted by molar-refractivity contribution is -0.154. The zero-order valence-electron chi connectivity index (χ0n) is 12.1. The minimum absolute atomic E-state index is 0.0234. The van der Waals surface area contributed by atoms with Crippen molar-refractivity contribution in [1.29, 1.82) is 0 Å². The van der Waals surface area contributed by atoms with Crippen LogP contribution < -0.4 is 5.73 Å². The van der Waals surface area contributed by atoms with E-state index in [9.17, 15) is 14.7 Å². The van der Waals surface area contributed by atoms with Crippen LogP contribution in [0, 0.1) is 11.8 Å². The molecule has 1 fully saturated rings. The Labute approximate surface area is 115 Å². The van der Waals surface area contributed by atoms with Crippen molar-refractivity contribution in [2.75, 3.05) is 6.54 Å². The molecule has 1 heterocycles. The van der Waals surface area contributed by atoms with Crippen LogP contribution in [0.4, 0.5) is 0 Å². The molecule has 1 saturated heterocycles. The quantitative estimate of drug-likeness (QED) is 0.792. The van der Waals surface area contributed by atoms with Crippen molar-refractivity contribution >= 4 is 11.9 Å². The Morgan fingerprint density at radius 2 is 2.05 bits per heavy atom. The van der Waals surface area contributed by atoms with E-state index in [-0.39, 0.29) is 11.8 Å². The molecule has 5 nitrogen and oxygen atoms in total. The second-order valence-electron chi connectivity index (χ2n) is 5.83. The molecule has 0 aliphatic carbocycles.